The van der Waals surface area contributed by atoms with Crippen molar-refractivity contribution >= 4 is 11.5 Å². The summed E-state index contributed by atoms with van der Waals surface area (Å²) in [5.74, 6) is 0.705. The van der Waals surface area contributed by atoms with Crippen LogP contribution in [0.3, 0.4) is 0 Å². The van der Waals surface area contributed by atoms with Crippen LogP contribution in [-0.2, 0) is 4.79 Å². The smallest absolute Gasteiger partial charge is 0.328 e. The van der Waals surface area contributed by atoms with Crippen molar-refractivity contribution in [3.8, 4) is 11.5 Å². The molecule has 0 radical (unpaired) electrons. The van der Waals surface area contributed by atoms with E-state index < -0.39 is 5.97 Å². The minimum atomic E-state index is -0.906. The summed E-state index contributed by atoms with van der Waals surface area (Å²) < 4.78 is 10.5. The van der Waals surface area contributed by atoms with Crippen molar-refractivity contribution in [1.29, 1.82) is 0 Å². The number of rotatable bonds is 5. The number of benzene rings is 1. The minimum Gasteiger partial charge on any atom is -0.493 e. The molecule has 1 saturated carbocycles. The lowest BCUT2D eigenvalue weighted by Gasteiger charge is -2.28. The van der Waals surface area contributed by atoms with Gasteiger partial charge in [-0.1, -0.05) is 12.5 Å². The van der Waals surface area contributed by atoms with Gasteiger partial charge < -0.3 is 14.6 Å². The van der Waals surface area contributed by atoms with E-state index in [1.54, 1.807) is 14.2 Å². The normalized spacial score (nSPS) is 15.8. The Labute approximate surface area is 112 Å². The van der Waals surface area contributed by atoms with Crippen molar-refractivity contribution in [2.45, 2.75) is 19.3 Å². The molecule has 0 saturated heterocycles. The van der Waals surface area contributed by atoms with Crippen LogP contribution in [0.4, 0.5) is 0 Å². The molecule has 0 atom stereocenters. The summed E-state index contributed by atoms with van der Waals surface area (Å²) in [5.41, 5.74) is 1.77. The summed E-state index contributed by atoms with van der Waals surface area (Å²) in [5, 5.41) is 9.01. The Balaban J connectivity index is 2.39. The van der Waals surface area contributed by atoms with E-state index in [1.807, 2.05) is 18.2 Å². The van der Waals surface area contributed by atoms with Crippen LogP contribution in [0.5, 0.6) is 11.5 Å². The minimum absolute atomic E-state index is 0.342. The van der Waals surface area contributed by atoms with Gasteiger partial charge in [0.05, 0.1) is 14.2 Å². The fourth-order valence-electron chi connectivity index (χ4n) is 2.30. The van der Waals surface area contributed by atoms with Crippen molar-refractivity contribution in [2.75, 3.05) is 14.2 Å². The SMILES string of the molecule is COc1ccc(/C(=C/C(=O)O)C2CCC2)cc1OC. The Bertz CT molecular complexity index is 501. The van der Waals surface area contributed by atoms with Crippen LogP contribution >= 0.6 is 0 Å². The third-order valence-electron chi connectivity index (χ3n) is 3.54. The molecule has 1 aromatic carbocycles. The Morgan fingerprint density at radius 1 is 1.26 bits per heavy atom. The molecule has 0 aliphatic heterocycles. The van der Waals surface area contributed by atoms with Crippen LogP contribution in [0, 0.1) is 5.92 Å². The zero-order valence-corrected chi connectivity index (χ0v) is 11.2. The number of ether oxygens (including phenoxy) is 2. The summed E-state index contributed by atoms with van der Waals surface area (Å²) in [4.78, 5) is 11.0. The zero-order valence-electron chi connectivity index (χ0n) is 11.2. The predicted octanol–water partition coefficient (Wildman–Crippen LogP) is 2.97. The van der Waals surface area contributed by atoms with E-state index in [0.29, 0.717) is 17.4 Å². The summed E-state index contributed by atoms with van der Waals surface area (Å²) >= 11 is 0. The maximum atomic E-state index is 11.0. The van der Waals surface area contributed by atoms with Gasteiger partial charge in [-0.3, -0.25) is 0 Å². The lowest BCUT2D eigenvalue weighted by molar-refractivity contribution is -0.131. The Morgan fingerprint density at radius 2 is 1.95 bits per heavy atom. The molecule has 1 fully saturated rings. The number of aliphatic carboxylic acids is 1. The average molecular weight is 262 g/mol. The highest BCUT2D eigenvalue weighted by molar-refractivity contribution is 5.91. The quantitative estimate of drug-likeness (QED) is 0.829. The number of carboxylic acids is 1. The molecule has 1 N–H and O–H groups in total. The third-order valence-corrected chi connectivity index (χ3v) is 3.54. The lowest BCUT2D eigenvalue weighted by Crippen LogP contribution is -2.14. The van der Waals surface area contributed by atoms with E-state index in [2.05, 4.69) is 0 Å². The van der Waals surface area contributed by atoms with Gasteiger partial charge in [0.25, 0.3) is 0 Å². The predicted molar refractivity (Wildman–Crippen MR) is 72.5 cm³/mol. The number of allylic oxidation sites excluding steroid dienone is 1. The average Bonchev–Trinajstić information content (AvgIpc) is 2.34. The highest BCUT2D eigenvalue weighted by Gasteiger charge is 2.24. The molecule has 0 unspecified atom stereocenters. The Morgan fingerprint density at radius 3 is 2.42 bits per heavy atom. The molecule has 4 nitrogen and oxygen atoms in total. The zero-order chi connectivity index (χ0) is 13.8. The molecule has 0 aromatic heterocycles. The molecular formula is C15H18O4. The summed E-state index contributed by atoms with van der Waals surface area (Å²) in [7, 11) is 3.16. The van der Waals surface area contributed by atoms with Gasteiger partial charge in [-0.05, 0) is 42.0 Å². The first kappa shape index (κ1) is 13.5. The van der Waals surface area contributed by atoms with Gasteiger partial charge in [0.2, 0.25) is 0 Å². The molecule has 0 spiro atoms. The van der Waals surface area contributed by atoms with E-state index in [-0.39, 0.29) is 0 Å². The van der Waals surface area contributed by atoms with Crippen LogP contribution in [0.1, 0.15) is 24.8 Å². The number of methoxy groups -OCH3 is 2. The van der Waals surface area contributed by atoms with Crippen molar-refractivity contribution in [1.82, 2.24) is 0 Å². The highest BCUT2D eigenvalue weighted by Crippen LogP contribution is 2.40. The summed E-state index contributed by atoms with van der Waals surface area (Å²) in [6.45, 7) is 0. The van der Waals surface area contributed by atoms with E-state index in [4.69, 9.17) is 14.6 Å². The monoisotopic (exact) mass is 262 g/mol. The van der Waals surface area contributed by atoms with E-state index >= 15 is 0 Å². The molecule has 1 aliphatic carbocycles. The van der Waals surface area contributed by atoms with Crippen molar-refractivity contribution in [3.63, 3.8) is 0 Å². The molecule has 2 rings (SSSR count). The van der Waals surface area contributed by atoms with Gasteiger partial charge in [0.15, 0.2) is 11.5 Å². The molecule has 1 aliphatic rings. The maximum Gasteiger partial charge on any atom is 0.328 e. The van der Waals surface area contributed by atoms with Crippen LogP contribution in [0.25, 0.3) is 5.57 Å². The first-order valence-electron chi connectivity index (χ1n) is 6.32. The van der Waals surface area contributed by atoms with Crippen LogP contribution < -0.4 is 9.47 Å². The molecule has 4 heteroatoms. The van der Waals surface area contributed by atoms with Crippen LogP contribution in [0.15, 0.2) is 24.3 Å². The molecular weight excluding hydrogens is 244 g/mol. The molecule has 102 valence electrons. The van der Waals surface area contributed by atoms with Crippen LogP contribution in [-0.4, -0.2) is 25.3 Å². The van der Waals surface area contributed by atoms with Gasteiger partial charge >= 0.3 is 5.97 Å². The molecule has 19 heavy (non-hydrogen) atoms. The largest absolute Gasteiger partial charge is 0.493 e. The van der Waals surface area contributed by atoms with Crippen molar-refractivity contribution < 1.29 is 19.4 Å². The van der Waals surface area contributed by atoms with Crippen molar-refractivity contribution in [2.24, 2.45) is 5.92 Å². The fourth-order valence-corrected chi connectivity index (χ4v) is 2.30. The Kier molecular flexibility index (Phi) is 4.10. The molecule has 1 aromatic rings. The summed E-state index contributed by atoms with van der Waals surface area (Å²) in [6.07, 6.45) is 4.57. The lowest BCUT2D eigenvalue weighted by atomic mass is 9.77. The summed E-state index contributed by atoms with van der Waals surface area (Å²) in [6, 6.07) is 5.53. The van der Waals surface area contributed by atoms with E-state index in [9.17, 15) is 4.79 Å². The van der Waals surface area contributed by atoms with Gasteiger partial charge in [-0.15, -0.1) is 0 Å². The second-order valence-corrected chi connectivity index (χ2v) is 4.64. The van der Waals surface area contributed by atoms with E-state index in [1.165, 1.54) is 6.08 Å². The third kappa shape index (κ3) is 2.89. The first-order chi connectivity index (χ1) is 9.15. The first-order valence-corrected chi connectivity index (χ1v) is 6.32. The van der Waals surface area contributed by atoms with Crippen LogP contribution in [0.2, 0.25) is 0 Å². The number of hydrogen-bond donors (Lipinski definition) is 1. The van der Waals surface area contributed by atoms with Gasteiger partial charge in [0, 0.05) is 6.08 Å². The molecule has 0 bridgehead atoms. The van der Waals surface area contributed by atoms with Crippen molar-refractivity contribution in [3.05, 3.63) is 29.8 Å². The topological polar surface area (TPSA) is 55.8 Å². The molecule has 0 heterocycles. The maximum absolute atomic E-state index is 11.0. The van der Waals surface area contributed by atoms with Gasteiger partial charge in [-0.2, -0.15) is 0 Å². The second-order valence-electron chi connectivity index (χ2n) is 4.64. The number of carboxylic acid groups (broad SMARTS) is 1. The van der Waals surface area contributed by atoms with E-state index in [0.717, 1.165) is 30.4 Å². The standard InChI is InChI=1S/C15H18O4/c1-18-13-7-6-11(8-14(13)19-2)12(9-15(16)17)10-4-3-5-10/h6-10H,3-5H2,1-2H3,(H,16,17)/b12-9+. The van der Waals surface area contributed by atoms with Gasteiger partial charge in [-0.25, -0.2) is 4.79 Å². The highest BCUT2D eigenvalue weighted by atomic mass is 16.5. The fraction of sp³-hybridized carbons (Fsp3) is 0.400. The number of carbonyl (C=O) groups is 1. The number of hydrogen-bond acceptors (Lipinski definition) is 3. The molecule has 0 amide bonds. The second kappa shape index (κ2) is 5.78. The van der Waals surface area contributed by atoms with Gasteiger partial charge in [0.1, 0.15) is 0 Å². The Hall–Kier alpha value is -1.97.